The average molecular weight is 342 g/mol. The second-order valence-corrected chi connectivity index (χ2v) is 6.20. The van der Waals surface area contributed by atoms with Crippen LogP contribution in [0, 0.1) is 0 Å². The first-order chi connectivity index (χ1) is 10.6. The quantitative estimate of drug-likeness (QED) is 0.857. The Labute approximate surface area is 138 Å². The van der Waals surface area contributed by atoms with E-state index in [-0.39, 0.29) is 5.56 Å². The molecular weight excluding hydrogens is 325 g/mol. The lowest BCUT2D eigenvalue weighted by atomic mass is 10.2. The van der Waals surface area contributed by atoms with Gasteiger partial charge < -0.3 is 9.64 Å². The Morgan fingerprint density at radius 2 is 1.95 bits per heavy atom. The second kappa shape index (κ2) is 6.44. The van der Waals surface area contributed by atoms with Gasteiger partial charge in [0.1, 0.15) is 5.52 Å². The maximum Gasteiger partial charge on any atom is 0.262 e. The lowest BCUT2D eigenvalue weighted by Crippen LogP contribution is -2.29. The van der Waals surface area contributed by atoms with E-state index in [0.717, 1.165) is 19.6 Å². The van der Waals surface area contributed by atoms with Crippen LogP contribution < -0.4 is 10.3 Å². The number of benzene rings is 1. The molecule has 3 rings (SSSR count). The van der Waals surface area contributed by atoms with Gasteiger partial charge in [-0.3, -0.25) is 9.36 Å². The largest absolute Gasteiger partial charge is 0.493 e. The van der Waals surface area contributed by atoms with E-state index in [0.29, 0.717) is 33.2 Å². The van der Waals surface area contributed by atoms with Crippen LogP contribution in [0.3, 0.4) is 0 Å². The molecule has 2 aromatic rings. The first-order valence-electron chi connectivity index (χ1n) is 7.25. The highest BCUT2D eigenvalue weighted by molar-refractivity contribution is 6.39. The first-order valence-corrected chi connectivity index (χ1v) is 8.01. The summed E-state index contributed by atoms with van der Waals surface area (Å²) < 4.78 is 6.84. The van der Waals surface area contributed by atoms with E-state index in [1.807, 2.05) is 0 Å². The number of ether oxygens (including phenoxy) is 1. The highest BCUT2D eigenvalue weighted by atomic mass is 35.5. The zero-order chi connectivity index (χ0) is 15.7. The Kier molecular flexibility index (Phi) is 4.57. The summed E-state index contributed by atoms with van der Waals surface area (Å²) in [6, 6.07) is 1.53. The molecule has 1 fully saturated rings. The van der Waals surface area contributed by atoms with Crippen LogP contribution in [-0.2, 0) is 6.54 Å². The van der Waals surface area contributed by atoms with E-state index in [4.69, 9.17) is 27.9 Å². The summed E-state index contributed by atoms with van der Waals surface area (Å²) in [6.07, 6.45) is 3.99. The predicted octanol–water partition coefficient (Wildman–Crippen LogP) is 2.81. The van der Waals surface area contributed by atoms with E-state index in [1.54, 1.807) is 4.57 Å². The molecule has 0 saturated carbocycles. The minimum atomic E-state index is -0.163. The summed E-state index contributed by atoms with van der Waals surface area (Å²) in [4.78, 5) is 19.3. The van der Waals surface area contributed by atoms with Crippen molar-refractivity contribution >= 4 is 34.1 Å². The third kappa shape index (κ3) is 2.81. The minimum Gasteiger partial charge on any atom is -0.493 e. The van der Waals surface area contributed by atoms with Crippen molar-refractivity contribution < 1.29 is 4.74 Å². The molecule has 1 aromatic heterocycles. The maximum atomic E-state index is 12.7. The molecule has 0 unspecified atom stereocenters. The number of hydrogen-bond donors (Lipinski definition) is 0. The lowest BCUT2D eigenvalue weighted by Gasteiger charge is -2.16. The maximum absolute atomic E-state index is 12.7. The fourth-order valence-corrected chi connectivity index (χ4v) is 3.46. The molecule has 7 heteroatoms. The Balaban J connectivity index is 2.00. The number of rotatable bonds is 4. The summed E-state index contributed by atoms with van der Waals surface area (Å²) in [5, 5.41) is 1.00. The Morgan fingerprint density at radius 3 is 2.64 bits per heavy atom. The number of hydrogen-bond acceptors (Lipinski definition) is 4. The van der Waals surface area contributed by atoms with Crippen molar-refractivity contribution in [2.24, 2.45) is 0 Å². The number of halogens is 2. The molecule has 0 atom stereocenters. The van der Waals surface area contributed by atoms with Gasteiger partial charge in [0.2, 0.25) is 0 Å². The van der Waals surface area contributed by atoms with Crippen molar-refractivity contribution in [2.45, 2.75) is 19.4 Å². The second-order valence-electron chi connectivity index (χ2n) is 5.39. The van der Waals surface area contributed by atoms with E-state index >= 15 is 0 Å². The molecule has 0 radical (unpaired) electrons. The van der Waals surface area contributed by atoms with E-state index in [1.165, 1.54) is 32.3 Å². The Bertz CT molecular complexity index is 755. The van der Waals surface area contributed by atoms with Crippen LogP contribution in [0.25, 0.3) is 10.9 Å². The first kappa shape index (κ1) is 15.6. The molecule has 1 aliphatic heterocycles. The Hall–Kier alpha value is -1.30. The molecule has 1 aliphatic rings. The summed E-state index contributed by atoms with van der Waals surface area (Å²) in [5.74, 6) is 0.379. The lowest BCUT2D eigenvalue weighted by molar-refractivity contribution is 0.320. The number of likely N-dealkylation sites (tertiary alicyclic amines) is 1. The van der Waals surface area contributed by atoms with Gasteiger partial charge >= 0.3 is 0 Å². The predicted molar refractivity (Wildman–Crippen MR) is 88.2 cm³/mol. The van der Waals surface area contributed by atoms with Gasteiger partial charge in [0.15, 0.2) is 5.75 Å². The van der Waals surface area contributed by atoms with Crippen molar-refractivity contribution in [2.75, 3.05) is 26.7 Å². The van der Waals surface area contributed by atoms with Crippen molar-refractivity contribution in [3.8, 4) is 5.75 Å². The highest BCUT2D eigenvalue weighted by Crippen LogP contribution is 2.35. The van der Waals surface area contributed by atoms with Crippen LogP contribution in [0.4, 0.5) is 0 Å². The van der Waals surface area contributed by atoms with Gasteiger partial charge in [0, 0.05) is 13.1 Å². The molecule has 0 amide bonds. The average Bonchev–Trinajstić information content (AvgIpc) is 2.99. The van der Waals surface area contributed by atoms with Gasteiger partial charge in [-0.2, -0.15) is 0 Å². The van der Waals surface area contributed by atoms with Gasteiger partial charge in [-0.05, 0) is 32.0 Å². The van der Waals surface area contributed by atoms with Crippen LogP contribution in [0.1, 0.15) is 12.8 Å². The zero-order valence-electron chi connectivity index (χ0n) is 12.3. The van der Waals surface area contributed by atoms with E-state index < -0.39 is 0 Å². The molecule has 118 valence electrons. The van der Waals surface area contributed by atoms with E-state index in [2.05, 4.69) is 9.88 Å². The summed E-state index contributed by atoms with van der Waals surface area (Å²) >= 11 is 12.3. The van der Waals surface area contributed by atoms with Crippen LogP contribution >= 0.6 is 23.2 Å². The SMILES string of the molecule is COc1c(Cl)cc(Cl)c2c(=O)n(CCN3CCCC3)cnc12. The van der Waals surface area contributed by atoms with Gasteiger partial charge in [0.25, 0.3) is 5.56 Å². The standard InChI is InChI=1S/C15H17Cl2N3O2/c1-22-14-11(17)8-10(16)12-13(14)18-9-20(15(12)21)7-6-19-4-2-3-5-19/h8-9H,2-7H2,1H3. The molecule has 0 N–H and O–H groups in total. The molecule has 5 nitrogen and oxygen atoms in total. The van der Waals surface area contributed by atoms with Gasteiger partial charge in [0.05, 0.1) is 28.9 Å². The summed E-state index contributed by atoms with van der Waals surface area (Å²) in [5.41, 5.74) is 0.242. The monoisotopic (exact) mass is 341 g/mol. The fourth-order valence-electron chi connectivity index (χ4n) is 2.85. The smallest absolute Gasteiger partial charge is 0.262 e. The van der Waals surface area contributed by atoms with Crippen LogP contribution in [0.15, 0.2) is 17.2 Å². The summed E-state index contributed by atoms with van der Waals surface area (Å²) in [6.45, 7) is 3.64. The van der Waals surface area contributed by atoms with Crippen LogP contribution in [0.5, 0.6) is 5.75 Å². The third-order valence-electron chi connectivity index (χ3n) is 4.02. The highest BCUT2D eigenvalue weighted by Gasteiger charge is 2.17. The van der Waals surface area contributed by atoms with Crippen LogP contribution in [0.2, 0.25) is 10.0 Å². The Morgan fingerprint density at radius 1 is 1.23 bits per heavy atom. The number of aromatic nitrogens is 2. The molecule has 22 heavy (non-hydrogen) atoms. The third-order valence-corrected chi connectivity index (χ3v) is 4.60. The van der Waals surface area contributed by atoms with Crippen molar-refractivity contribution in [1.82, 2.24) is 14.5 Å². The number of fused-ring (bicyclic) bond motifs is 1. The topological polar surface area (TPSA) is 47.4 Å². The molecule has 1 aromatic carbocycles. The van der Waals surface area contributed by atoms with E-state index in [9.17, 15) is 4.79 Å². The van der Waals surface area contributed by atoms with Crippen molar-refractivity contribution in [3.63, 3.8) is 0 Å². The molecule has 1 saturated heterocycles. The normalized spacial score (nSPS) is 15.6. The van der Waals surface area contributed by atoms with Gasteiger partial charge in [-0.25, -0.2) is 4.98 Å². The summed E-state index contributed by atoms with van der Waals surface area (Å²) in [7, 11) is 1.50. The molecule has 0 bridgehead atoms. The fraction of sp³-hybridized carbons (Fsp3) is 0.467. The minimum absolute atomic E-state index is 0.163. The van der Waals surface area contributed by atoms with Crippen molar-refractivity contribution in [3.05, 3.63) is 32.8 Å². The number of nitrogens with zero attached hydrogens (tertiary/aromatic N) is 3. The van der Waals surface area contributed by atoms with Gasteiger partial charge in [-0.1, -0.05) is 23.2 Å². The zero-order valence-corrected chi connectivity index (χ0v) is 13.8. The van der Waals surface area contributed by atoms with Crippen LogP contribution in [-0.4, -0.2) is 41.2 Å². The molecular formula is C15H17Cl2N3O2. The molecule has 0 aliphatic carbocycles. The van der Waals surface area contributed by atoms with Gasteiger partial charge in [-0.15, -0.1) is 0 Å². The molecule has 2 heterocycles. The number of methoxy groups -OCH3 is 1. The van der Waals surface area contributed by atoms with Crippen molar-refractivity contribution in [1.29, 1.82) is 0 Å². The molecule has 0 spiro atoms.